The standard InChI is InChI=1S/C17H28N2/c1-3-4-11-18-13-15(2)19-12-7-10-16-8-5-6-9-17(16)14-19/h5-6,8-9,15,18H,3-4,7,10-14H2,1-2H3. The molecule has 0 radical (unpaired) electrons. The minimum Gasteiger partial charge on any atom is -0.315 e. The van der Waals surface area contributed by atoms with Gasteiger partial charge in [0.25, 0.3) is 0 Å². The Bertz CT molecular complexity index is 375. The number of nitrogens with one attached hydrogen (secondary N) is 1. The summed E-state index contributed by atoms with van der Waals surface area (Å²) < 4.78 is 0. The molecule has 1 heterocycles. The highest BCUT2D eigenvalue weighted by atomic mass is 15.2. The molecule has 0 saturated carbocycles. The minimum absolute atomic E-state index is 0.628. The van der Waals surface area contributed by atoms with Crippen LogP contribution in [-0.4, -0.2) is 30.6 Å². The Balaban J connectivity index is 1.87. The van der Waals surface area contributed by atoms with E-state index in [1.807, 2.05) is 0 Å². The zero-order valence-electron chi connectivity index (χ0n) is 12.5. The second-order valence-electron chi connectivity index (χ2n) is 5.75. The number of fused-ring (bicyclic) bond motifs is 1. The van der Waals surface area contributed by atoms with Gasteiger partial charge in [-0.25, -0.2) is 0 Å². The summed E-state index contributed by atoms with van der Waals surface area (Å²) in [5, 5.41) is 3.59. The van der Waals surface area contributed by atoms with Crippen molar-refractivity contribution in [3.8, 4) is 0 Å². The first-order valence-corrected chi connectivity index (χ1v) is 7.82. The zero-order valence-corrected chi connectivity index (χ0v) is 12.5. The van der Waals surface area contributed by atoms with Gasteiger partial charge in [0.05, 0.1) is 0 Å². The SMILES string of the molecule is CCCCNCC(C)N1CCCc2ccccc2C1. The van der Waals surface area contributed by atoms with E-state index in [0.717, 1.165) is 19.6 Å². The summed E-state index contributed by atoms with van der Waals surface area (Å²) in [7, 11) is 0. The van der Waals surface area contributed by atoms with Crippen LogP contribution in [0.25, 0.3) is 0 Å². The minimum atomic E-state index is 0.628. The van der Waals surface area contributed by atoms with Crippen molar-refractivity contribution in [1.29, 1.82) is 0 Å². The van der Waals surface area contributed by atoms with E-state index in [4.69, 9.17) is 0 Å². The predicted octanol–water partition coefficient (Wildman–Crippen LogP) is 3.21. The van der Waals surface area contributed by atoms with Crippen molar-refractivity contribution in [1.82, 2.24) is 10.2 Å². The highest BCUT2D eigenvalue weighted by Gasteiger charge is 2.18. The van der Waals surface area contributed by atoms with E-state index in [9.17, 15) is 0 Å². The molecule has 1 aliphatic heterocycles. The van der Waals surface area contributed by atoms with Crippen LogP contribution in [0.1, 0.15) is 44.2 Å². The molecule has 1 N–H and O–H groups in total. The third kappa shape index (κ3) is 4.32. The van der Waals surface area contributed by atoms with Crippen LogP contribution in [0.5, 0.6) is 0 Å². The summed E-state index contributed by atoms with van der Waals surface area (Å²) in [6.45, 7) is 9.22. The Morgan fingerprint density at radius 3 is 2.84 bits per heavy atom. The first kappa shape index (κ1) is 14.5. The van der Waals surface area contributed by atoms with Gasteiger partial charge >= 0.3 is 0 Å². The molecule has 0 amide bonds. The van der Waals surface area contributed by atoms with Crippen molar-refractivity contribution in [2.75, 3.05) is 19.6 Å². The van der Waals surface area contributed by atoms with Gasteiger partial charge < -0.3 is 5.32 Å². The Morgan fingerprint density at radius 1 is 1.26 bits per heavy atom. The van der Waals surface area contributed by atoms with Crippen molar-refractivity contribution in [3.63, 3.8) is 0 Å². The maximum absolute atomic E-state index is 3.59. The van der Waals surface area contributed by atoms with Gasteiger partial charge in [-0.05, 0) is 50.4 Å². The highest BCUT2D eigenvalue weighted by molar-refractivity contribution is 5.28. The van der Waals surface area contributed by atoms with Gasteiger partial charge in [-0.1, -0.05) is 37.6 Å². The second-order valence-corrected chi connectivity index (χ2v) is 5.75. The summed E-state index contributed by atoms with van der Waals surface area (Å²) in [4.78, 5) is 2.63. The Morgan fingerprint density at radius 2 is 2.05 bits per heavy atom. The molecule has 1 aromatic rings. The van der Waals surface area contributed by atoms with Crippen LogP contribution in [0.2, 0.25) is 0 Å². The predicted molar refractivity (Wildman–Crippen MR) is 82.4 cm³/mol. The molecule has 1 unspecified atom stereocenters. The summed E-state index contributed by atoms with van der Waals surface area (Å²) in [6, 6.07) is 9.56. The fourth-order valence-electron chi connectivity index (χ4n) is 2.84. The van der Waals surface area contributed by atoms with Crippen LogP contribution in [0.4, 0.5) is 0 Å². The molecule has 106 valence electrons. The average molecular weight is 260 g/mol. The summed E-state index contributed by atoms with van der Waals surface area (Å²) in [5.74, 6) is 0. The van der Waals surface area contributed by atoms with Crippen molar-refractivity contribution in [2.24, 2.45) is 0 Å². The van der Waals surface area contributed by atoms with Gasteiger partial charge in [0.15, 0.2) is 0 Å². The van der Waals surface area contributed by atoms with Crippen molar-refractivity contribution in [3.05, 3.63) is 35.4 Å². The van der Waals surface area contributed by atoms with E-state index >= 15 is 0 Å². The molecular formula is C17H28N2. The molecule has 1 aromatic carbocycles. The third-order valence-corrected chi connectivity index (χ3v) is 4.15. The number of benzene rings is 1. The van der Waals surface area contributed by atoms with E-state index in [2.05, 4.69) is 48.3 Å². The Hall–Kier alpha value is -0.860. The second kappa shape index (κ2) is 7.66. The molecule has 0 bridgehead atoms. The lowest BCUT2D eigenvalue weighted by atomic mass is 10.0. The maximum Gasteiger partial charge on any atom is 0.0239 e. The molecule has 0 aromatic heterocycles. The number of hydrogen-bond donors (Lipinski definition) is 1. The van der Waals surface area contributed by atoms with Crippen LogP contribution >= 0.6 is 0 Å². The first-order valence-electron chi connectivity index (χ1n) is 7.82. The number of unbranched alkanes of at least 4 members (excludes halogenated alkanes) is 1. The fourth-order valence-corrected chi connectivity index (χ4v) is 2.84. The number of aryl methyl sites for hydroxylation is 1. The van der Waals surface area contributed by atoms with E-state index in [1.165, 1.54) is 37.8 Å². The molecule has 1 aliphatic rings. The molecule has 0 spiro atoms. The maximum atomic E-state index is 3.59. The molecule has 2 nitrogen and oxygen atoms in total. The molecule has 19 heavy (non-hydrogen) atoms. The van der Waals surface area contributed by atoms with Crippen molar-refractivity contribution in [2.45, 2.75) is 52.1 Å². The van der Waals surface area contributed by atoms with Crippen LogP contribution in [0, 0.1) is 0 Å². The van der Waals surface area contributed by atoms with Gasteiger partial charge in [0, 0.05) is 19.1 Å². The first-order chi connectivity index (χ1) is 9.31. The lowest BCUT2D eigenvalue weighted by Crippen LogP contribution is -2.40. The van der Waals surface area contributed by atoms with Crippen LogP contribution in [-0.2, 0) is 13.0 Å². The van der Waals surface area contributed by atoms with E-state index in [-0.39, 0.29) is 0 Å². The lowest BCUT2D eigenvalue weighted by Gasteiger charge is -2.28. The number of nitrogens with zero attached hydrogens (tertiary/aromatic N) is 1. The molecule has 0 fully saturated rings. The van der Waals surface area contributed by atoms with Crippen LogP contribution in [0.15, 0.2) is 24.3 Å². The molecule has 2 rings (SSSR count). The van der Waals surface area contributed by atoms with E-state index < -0.39 is 0 Å². The summed E-state index contributed by atoms with van der Waals surface area (Å²) >= 11 is 0. The van der Waals surface area contributed by atoms with E-state index in [1.54, 1.807) is 5.56 Å². The van der Waals surface area contributed by atoms with Crippen molar-refractivity contribution < 1.29 is 0 Å². The highest BCUT2D eigenvalue weighted by Crippen LogP contribution is 2.19. The lowest BCUT2D eigenvalue weighted by molar-refractivity contribution is 0.198. The van der Waals surface area contributed by atoms with Crippen LogP contribution in [0.3, 0.4) is 0 Å². The normalized spacial score (nSPS) is 17.8. The van der Waals surface area contributed by atoms with Crippen LogP contribution < -0.4 is 5.32 Å². The monoisotopic (exact) mass is 260 g/mol. The Labute approximate surface area is 118 Å². The van der Waals surface area contributed by atoms with Gasteiger partial charge in [-0.2, -0.15) is 0 Å². The smallest absolute Gasteiger partial charge is 0.0239 e. The van der Waals surface area contributed by atoms with Gasteiger partial charge in [0.2, 0.25) is 0 Å². The zero-order chi connectivity index (χ0) is 13.5. The average Bonchev–Trinajstić information content (AvgIpc) is 2.65. The molecule has 2 heteroatoms. The summed E-state index contributed by atoms with van der Waals surface area (Å²) in [6.07, 6.45) is 5.09. The third-order valence-electron chi connectivity index (χ3n) is 4.15. The molecule has 0 saturated heterocycles. The Kier molecular flexibility index (Phi) is 5.87. The summed E-state index contributed by atoms with van der Waals surface area (Å²) in [5.41, 5.74) is 3.08. The largest absolute Gasteiger partial charge is 0.315 e. The van der Waals surface area contributed by atoms with E-state index in [0.29, 0.717) is 6.04 Å². The van der Waals surface area contributed by atoms with Gasteiger partial charge in [0.1, 0.15) is 0 Å². The van der Waals surface area contributed by atoms with Gasteiger partial charge in [-0.15, -0.1) is 0 Å². The topological polar surface area (TPSA) is 15.3 Å². The van der Waals surface area contributed by atoms with Crippen molar-refractivity contribution >= 4 is 0 Å². The quantitative estimate of drug-likeness (QED) is 0.790. The fraction of sp³-hybridized carbons (Fsp3) is 0.647. The molecule has 1 atom stereocenters. The van der Waals surface area contributed by atoms with Gasteiger partial charge in [-0.3, -0.25) is 4.90 Å². The number of rotatable bonds is 6. The molecular weight excluding hydrogens is 232 g/mol. The number of hydrogen-bond acceptors (Lipinski definition) is 2. The molecule has 0 aliphatic carbocycles.